The van der Waals surface area contributed by atoms with E-state index >= 15 is 0 Å². The van der Waals surface area contributed by atoms with E-state index in [1.165, 1.54) is 36.1 Å². The first kappa shape index (κ1) is 15.3. The first-order chi connectivity index (χ1) is 10.6. The Labute approximate surface area is 133 Å². The average molecular weight is 298 g/mol. The van der Waals surface area contributed by atoms with Gasteiger partial charge in [0.1, 0.15) is 0 Å². The molecule has 0 bridgehead atoms. The highest BCUT2D eigenvalue weighted by atomic mass is 15.2. The van der Waals surface area contributed by atoms with Crippen molar-refractivity contribution in [3.05, 3.63) is 53.3 Å². The van der Waals surface area contributed by atoms with Gasteiger partial charge in [0.25, 0.3) is 0 Å². The van der Waals surface area contributed by atoms with Crippen molar-refractivity contribution in [2.75, 3.05) is 20.6 Å². The SMILES string of the molecule is CN(C)Cc1ccc(C2CCCN2Cc2cnn(C)c2)cc1. The maximum Gasteiger partial charge on any atom is 0.0534 e. The van der Waals surface area contributed by atoms with E-state index < -0.39 is 0 Å². The Kier molecular flexibility index (Phi) is 4.60. The van der Waals surface area contributed by atoms with Crippen molar-refractivity contribution in [1.29, 1.82) is 0 Å². The van der Waals surface area contributed by atoms with Crippen LogP contribution in [0, 0.1) is 0 Å². The normalized spacial score (nSPS) is 19.2. The molecule has 1 saturated heterocycles. The van der Waals surface area contributed by atoms with Crippen molar-refractivity contribution < 1.29 is 0 Å². The Hall–Kier alpha value is -1.65. The smallest absolute Gasteiger partial charge is 0.0534 e. The average Bonchev–Trinajstić information content (AvgIpc) is 3.09. The first-order valence-electron chi connectivity index (χ1n) is 8.07. The molecule has 1 fully saturated rings. The van der Waals surface area contributed by atoms with Crippen LogP contribution in [0.25, 0.3) is 0 Å². The summed E-state index contributed by atoms with van der Waals surface area (Å²) < 4.78 is 1.89. The van der Waals surface area contributed by atoms with Crippen molar-refractivity contribution >= 4 is 0 Å². The van der Waals surface area contributed by atoms with E-state index in [4.69, 9.17) is 0 Å². The number of hydrogen-bond donors (Lipinski definition) is 0. The van der Waals surface area contributed by atoms with Gasteiger partial charge in [0.2, 0.25) is 0 Å². The quantitative estimate of drug-likeness (QED) is 0.848. The van der Waals surface area contributed by atoms with E-state index in [-0.39, 0.29) is 0 Å². The summed E-state index contributed by atoms with van der Waals surface area (Å²) in [6.07, 6.45) is 6.64. The van der Waals surface area contributed by atoms with Crippen molar-refractivity contribution in [2.45, 2.75) is 32.0 Å². The Morgan fingerprint density at radius 1 is 1.18 bits per heavy atom. The number of aromatic nitrogens is 2. The molecule has 3 rings (SSSR count). The van der Waals surface area contributed by atoms with Gasteiger partial charge in [-0.25, -0.2) is 0 Å². The van der Waals surface area contributed by atoms with Crippen LogP contribution in [0.4, 0.5) is 0 Å². The van der Waals surface area contributed by atoms with Crippen LogP contribution in [0.3, 0.4) is 0 Å². The first-order valence-corrected chi connectivity index (χ1v) is 8.07. The Morgan fingerprint density at radius 2 is 1.95 bits per heavy atom. The minimum Gasteiger partial charge on any atom is -0.305 e. The van der Waals surface area contributed by atoms with Crippen LogP contribution in [-0.2, 0) is 20.1 Å². The standard InChI is InChI=1S/C18H26N4/c1-20(2)12-15-6-8-17(9-7-15)18-5-4-10-22(18)14-16-11-19-21(3)13-16/h6-9,11,13,18H,4-5,10,12,14H2,1-3H3. The minimum absolute atomic E-state index is 0.550. The van der Waals surface area contributed by atoms with E-state index in [1.54, 1.807) is 0 Å². The minimum atomic E-state index is 0.550. The summed E-state index contributed by atoms with van der Waals surface area (Å²) in [6, 6.07) is 9.72. The molecule has 2 aromatic rings. The number of rotatable bonds is 5. The fourth-order valence-corrected chi connectivity index (χ4v) is 3.39. The number of aryl methyl sites for hydroxylation is 1. The monoisotopic (exact) mass is 298 g/mol. The van der Waals surface area contributed by atoms with Gasteiger partial charge in [-0.05, 0) is 44.6 Å². The Morgan fingerprint density at radius 3 is 2.59 bits per heavy atom. The van der Waals surface area contributed by atoms with Crippen LogP contribution in [0.5, 0.6) is 0 Å². The summed E-state index contributed by atoms with van der Waals surface area (Å²) in [6.45, 7) is 3.18. The van der Waals surface area contributed by atoms with Crippen molar-refractivity contribution in [3.8, 4) is 0 Å². The molecule has 22 heavy (non-hydrogen) atoms. The van der Waals surface area contributed by atoms with Gasteiger partial charge in [-0.3, -0.25) is 9.58 Å². The van der Waals surface area contributed by atoms with Crippen molar-refractivity contribution in [1.82, 2.24) is 19.6 Å². The van der Waals surface area contributed by atoms with Gasteiger partial charge < -0.3 is 4.90 Å². The van der Waals surface area contributed by atoms with Gasteiger partial charge in [0.15, 0.2) is 0 Å². The lowest BCUT2D eigenvalue weighted by atomic mass is 10.0. The summed E-state index contributed by atoms with van der Waals surface area (Å²) >= 11 is 0. The summed E-state index contributed by atoms with van der Waals surface area (Å²) in [7, 11) is 6.20. The molecule has 1 aliphatic heterocycles. The van der Waals surface area contributed by atoms with Crippen LogP contribution >= 0.6 is 0 Å². The third kappa shape index (κ3) is 3.57. The third-order valence-electron chi connectivity index (χ3n) is 4.37. The summed E-state index contributed by atoms with van der Waals surface area (Å²) in [5.41, 5.74) is 4.13. The van der Waals surface area contributed by atoms with Gasteiger partial charge in [-0.1, -0.05) is 24.3 Å². The van der Waals surface area contributed by atoms with Crippen LogP contribution in [-0.4, -0.2) is 40.2 Å². The van der Waals surface area contributed by atoms with E-state index in [0.717, 1.165) is 13.1 Å². The molecule has 1 atom stereocenters. The molecule has 4 heteroatoms. The molecule has 0 spiro atoms. The highest BCUT2D eigenvalue weighted by Gasteiger charge is 2.26. The second-order valence-corrected chi connectivity index (χ2v) is 6.63. The maximum absolute atomic E-state index is 4.28. The van der Waals surface area contributed by atoms with E-state index in [1.807, 2.05) is 17.9 Å². The van der Waals surface area contributed by atoms with E-state index in [0.29, 0.717) is 6.04 Å². The molecule has 1 aliphatic rings. The fourth-order valence-electron chi connectivity index (χ4n) is 3.39. The molecule has 0 radical (unpaired) electrons. The molecule has 1 unspecified atom stereocenters. The lowest BCUT2D eigenvalue weighted by molar-refractivity contribution is 0.248. The predicted octanol–water partition coefficient (Wildman–Crippen LogP) is 2.82. The maximum atomic E-state index is 4.28. The molecule has 0 amide bonds. The molecule has 1 aromatic heterocycles. The fraction of sp³-hybridized carbons (Fsp3) is 0.500. The number of hydrogen-bond acceptors (Lipinski definition) is 3. The van der Waals surface area contributed by atoms with Gasteiger partial charge in [0, 0.05) is 37.9 Å². The third-order valence-corrected chi connectivity index (χ3v) is 4.37. The number of benzene rings is 1. The highest BCUT2D eigenvalue weighted by molar-refractivity contribution is 5.26. The molecular formula is C18H26N4. The van der Waals surface area contributed by atoms with Crippen LogP contribution in [0.2, 0.25) is 0 Å². The molecule has 4 nitrogen and oxygen atoms in total. The second-order valence-electron chi connectivity index (χ2n) is 6.63. The molecule has 1 aromatic carbocycles. The van der Waals surface area contributed by atoms with Gasteiger partial charge >= 0.3 is 0 Å². The summed E-state index contributed by atoms with van der Waals surface area (Å²) in [4.78, 5) is 4.79. The topological polar surface area (TPSA) is 24.3 Å². The largest absolute Gasteiger partial charge is 0.305 e. The Balaban J connectivity index is 1.69. The molecule has 118 valence electrons. The highest BCUT2D eigenvalue weighted by Crippen LogP contribution is 2.33. The molecule has 0 saturated carbocycles. The number of likely N-dealkylation sites (tertiary alicyclic amines) is 1. The van der Waals surface area contributed by atoms with E-state index in [9.17, 15) is 0 Å². The zero-order chi connectivity index (χ0) is 15.5. The zero-order valence-electron chi connectivity index (χ0n) is 13.9. The van der Waals surface area contributed by atoms with Crippen LogP contribution in [0.1, 0.15) is 35.6 Å². The molecular weight excluding hydrogens is 272 g/mol. The molecule has 0 N–H and O–H groups in total. The van der Waals surface area contributed by atoms with Crippen molar-refractivity contribution in [3.63, 3.8) is 0 Å². The van der Waals surface area contributed by atoms with E-state index in [2.05, 4.69) is 59.5 Å². The van der Waals surface area contributed by atoms with Crippen molar-refractivity contribution in [2.24, 2.45) is 7.05 Å². The Bertz CT molecular complexity index is 600. The molecule has 0 aliphatic carbocycles. The summed E-state index contributed by atoms with van der Waals surface area (Å²) in [5.74, 6) is 0. The number of nitrogens with zero attached hydrogens (tertiary/aromatic N) is 4. The lowest BCUT2D eigenvalue weighted by Crippen LogP contribution is -2.22. The van der Waals surface area contributed by atoms with Gasteiger partial charge in [0.05, 0.1) is 6.20 Å². The van der Waals surface area contributed by atoms with Crippen LogP contribution in [0.15, 0.2) is 36.7 Å². The van der Waals surface area contributed by atoms with Crippen LogP contribution < -0.4 is 0 Å². The second kappa shape index (κ2) is 6.63. The van der Waals surface area contributed by atoms with Gasteiger partial charge in [-0.2, -0.15) is 5.10 Å². The predicted molar refractivity (Wildman–Crippen MR) is 89.4 cm³/mol. The zero-order valence-corrected chi connectivity index (χ0v) is 13.9. The molecule has 2 heterocycles. The van der Waals surface area contributed by atoms with Gasteiger partial charge in [-0.15, -0.1) is 0 Å². The lowest BCUT2D eigenvalue weighted by Gasteiger charge is -2.24. The summed E-state index contributed by atoms with van der Waals surface area (Å²) in [5, 5.41) is 4.28.